The second-order valence-corrected chi connectivity index (χ2v) is 21.4. The molecule has 0 aliphatic heterocycles. The summed E-state index contributed by atoms with van der Waals surface area (Å²) in [5.74, 6) is -0.0381. The van der Waals surface area contributed by atoms with Gasteiger partial charge < -0.3 is 20.3 Å². The quantitative estimate of drug-likeness (QED) is 0.0321. The minimum absolute atomic E-state index is 0.0000346. The molecule has 0 aromatic carbocycles. The number of hydrogen-bond donors (Lipinski definition) is 3. The van der Waals surface area contributed by atoms with Gasteiger partial charge in [-0.15, -0.1) is 0 Å². The Morgan fingerprint density at radius 1 is 0.400 bits per heavy atom. The number of hydrogen-bond acceptors (Lipinski definition) is 5. The summed E-state index contributed by atoms with van der Waals surface area (Å²) in [5, 5.41) is 23.2. The van der Waals surface area contributed by atoms with Crippen molar-refractivity contribution in [3.8, 4) is 0 Å². The number of carbonyl (C=O) groups is 2. The Morgan fingerprint density at radius 3 is 1.11 bits per heavy atom. The van der Waals surface area contributed by atoms with E-state index < -0.39 is 12.1 Å². The number of ether oxygens (including phenoxy) is 1. The standard InChI is InChI=1S/C64H121NO5/c1-3-5-7-9-11-13-15-17-18-31-34-38-42-46-50-54-58-64(69)70-59-55-51-47-43-39-35-32-29-27-25-23-21-19-20-22-24-26-28-30-33-37-41-45-49-53-57-63(68)65-61(60-66)62(67)56-52-48-44-40-36-16-14-12-10-8-6-4-2/h13,15,18,20,22,31,61-62,66-67H,3-12,14,16-17,19,21,23-30,32-60H2,1-2H3,(H,65,68)/b15-13-,22-20-,31-18-. The SMILES string of the molecule is CCCCCC/C=C\C/C=C\CCCCCCCC(=O)OCCCCCCCCCCCCCC/C=C\CCCCCCCCCCCC(=O)NC(CO)C(O)CCCCCCCCCCCCCC. The first-order chi connectivity index (χ1) is 34.5. The Hall–Kier alpha value is -1.92. The molecule has 0 fully saturated rings. The lowest BCUT2D eigenvalue weighted by molar-refractivity contribution is -0.143. The maximum absolute atomic E-state index is 12.5. The minimum atomic E-state index is -0.665. The second kappa shape index (κ2) is 59.6. The van der Waals surface area contributed by atoms with Crippen molar-refractivity contribution in [1.82, 2.24) is 5.32 Å². The zero-order valence-corrected chi connectivity index (χ0v) is 47.0. The average Bonchev–Trinajstić information content (AvgIpc) is 3.36. The van der Waals surface area contributed by atoms with E-state index in [9.17, 15) is 19.8 Å². The highest BCUT2D eigenvalue weighted by atomic mass is 16.5. The molecule has 2 atom stereocenters. The van der Waals surface area contributed by atoms with Gasteiger partial charge in [0.2, 0.25) is 5.91 Å². The molecule has 2 unspecified atom stereocenters. The molecule has 0 saturated carbocycles. The van der Waals surface area contributed by atoms with Crippen LogP contribution in [0.1, 0.15) is 335 Å². The number of amides is 1. The van der Waals surface area contributed by atoms with Gasteiger partial charge in [-0.25, -0.2) is 0 Å². The predicted molar refractivity (Wildman–Crippen MR) is 306 cm³/mol. The van der Waals surface area contributed by atoms with E-state index in [1.807, 2.05) is 0 Å². The first-order valence-electron chi connectivity index (χ1n) is 31.2. The number of rotatable bonds is 58. The summed E-state index contributed by atoms with van der Waals surface area (Å²) in [5.41, 5.74) is 0. The molecule has 1 amide bonds. The maximum Gasteiger partial charge on any atom is 0.305 e. The predicted octanol–water partition coefficient (Wildman–Crippen LogP) is 19.6. The molecule has 0 heterocycles. The van der Waals surface area contributed by atoms with Gasteiger partial charge in [-0.3, -0.25) is 9.59 Å². The number of esters is 1. The molecule has 412 valence electrons. The number of aliphatic hydroxyl groups is 2. The summed E-state index contributed by atoms with van der Waals surface area (Å²) in [6.07, 6.45) is 74.4. The molecule has 0 rings (SSSR count). The third kappa shape index (κ3) is 55.4. The third-order valence-electron chi connectivity index (χ3n) is 14.4. The van der Waals surface area contributed by atoms with Gasteiger partial charge in [0.05, 0.1) is 25.4 Å². The van der Waals surface area contributed by atoms with E-state index in [1.54, 1.807) is 0 Å². The van der Waals surface area contributed by atoms with E-state index in [1.165, 1.54) is 250 Å². The van der Waals surface area contributed by atoms with Gasteiger partial charge in [0, 0.05) is 12.8 Å². The van der Waals surface area contributed by atoms with Gasteiger partial charge in [0.25, 0.3) is 0 Å². The normalized spacial score (nSPS) is 12.8. The molecule has 0 bridgehead atoms. The van der Waals surface area contributed by atoms with Crippen LogP contribution in [0.4, 0.5) is 0 Å². The third-order valence-corrected chi connectivity index (χ3v) is 14.4. The van der Waals surface area contributed by atoms with Crippen LogP contribution in [0.3, 0.4) is 0 Å². The summed E-state index contributed by atoms with van der Waals surface area (Å²) < 4.78 is 5.48. The zero-order valence-electron chi connectivity index (χ0n) is 47.0. The van der Waals surface area contributed by atoms with Crippen LogP contribution in [-0.2, 0) is 14.3 Å². The van der Waals surface area contributed by atoms with Crippen molar-refractivity contribution in [1.29, 1.82) is 0 Å². The van der Waals surface area contributed by atoms with Crippen LogP contribution in [0.2, 0.25) is 0 Å². The van der Waals surface area contributed by atoms with Gasteiger partial charge in [-0.05, 0) is 83.5 Å². The largest absolute Gasteiger partial charge is 0.466 e. The van der Waals surface area contributed by atoms with Gasteiger partial charge in [0.1, 0.15) is 0 Å². The van der Waals surface area contributed by atoms with Gasteiger partial charge in [-0.2, -0.15) is 0 Å². The average molecular weight is 985 g/mol. The van der Waals surface area contributed by atoms with Crippen LogP contribution in [0.15, 0.2) is 36.5 Å². The molecule has 0 radical (unpaired) electrons. The number of aliphatic hydroxyl groups excluding tert-OH is 2. The number of unbranched alkanes of at least 4 members (excludes halogenated alkanes) is 41. The summed E-state index contributed by atoms with van der Waals surface area (Å²) in [6.45, 7) is 4.93. The molecular weight excluding hydrogens is 863 g/mol. The van der Waals surface area contributed by atoms with Crippen molar-refractivity contribution in [3.05, 3.63) is 36.5 Å². The summed E-state index contributed by atoms with van der Waals surface area (Å²) >= 11 is 0. The van der Waals surface area contributed by atoms with Crippen molar-refractivity contribution >= 4 is 11.9 Å². The fourth-order valence-electron chi connectivity index (χ4n) is 9.61. The van der Waals surface area contributed by atoms with E-state index >= 15 is 0 Å². The molecule has 0 saturated heterocycles. The lowest BCUT2D eigenvalue weighted by Crippen LogP contribution is -2.45. The maximum atomic E-state index is 12.5. The molecule has 0 aliphatic rings. The highest BCUT2D eigenvalue weighted by Gasteiger charge is 2.20. The molecular formula is C64H121NO5. The molecule has 3 N–H and O–H groups in total. The first kappa shape index (κ1) is 68.1. The van der Waals surface area contributed by atoms with Crippen molar-refractivity contribution < 1.29 is 24.5 Å². The molecule has 70 heavy (non-hydrogen) atoms. The molecule has 0 aliphatic carbocycles. The summed E-state index contributed by atoms with van der Waals surface area (Å²) in [4.78, 5) is 24.5. The van der Waals surface area contributed by atoms with Gasteiger partial charge in [0.15, 0.2) is 0 Å². The lowest BCUT2D eigenvalue weighted by Gasteiger charge is -2.22. The number of nitrogens with one attached hydrogen (secondary N) is 1. The molecule has 0 spiro atoms. The van der Waals surface area contributed by atoms with Crippen LogP contribution in [-0.4, -0.2) is 47.4 Å². The van der Waals surface area contributed by atoms with Gasteiger partial charge in [-0.1, -0.05) is 275 Å². The van der Waals surface area contributed by atoms with E-state index in [4.69, 9.17) is 4.74 Å². The van der Waals surface area contributed by atoms with Crippen LogP contribution >= 0.6 is 0 Å². The molecule has 0 aromatic heterocycles. The van der Waals surface area contributed by atoms with Crippen LogP contribution < -0.4 is 5.32 Å². The molecule has 6 nitrogen and oxygen atoms in total. The Balaban J connectivity index is 3.39. The van der Waals surface area contributed by atoms with E-state index in [-0.39, 0.29) is 18.5 Å². The van der Waals surface area contributed by atoms with Crippen LogP contribution in [0.5, 0.6) is 0 Å². The Labute approximate surface area is 436 Å². The summed E-state index contributed by atoms with van der Waals surface area (Å²) in [6, 6.07) is -0.543. The van der Waals surface area contributed by atoms with Crippen LogP contribution in [0.25, 0.3) is 0 Å². The zero-order chi connectivity index (χ0) is 50.7. The first-order valence-corrected chi connectivity index (χ1v) is 31.2. The summed E-state index contributed by atoms with van der Waals surface area (Å²) in [7, 11) is 0. The van der Waals surface area contributed by atoms with Gasteiger partial charge >= 0.3 is 5.97 Å². The molecule has 6 heteroatoms. The van der Waals surface area contributed by atoms with Crippen molar-refractivity contribution in [2.75, 3.05) is 13.2 Å². The highest BCUT2D eigenvalue weighted by Crippen LogP contribution is 2.17. The Bertz CT molecular complexity index is 1130. The fraction of sp³-hybridized carbons (Fsp3) is 0.875. The van der Waals surface area contributed by atoms with Crippen molar-refractivity contribution in [2.24, 2.45) is 0 Å². The van der Waals surface area contributed by atoms with Crippen molar-refractivity contribution in [2.45, 2.75) is 347 Å². The molecule has 0 aromatic rings. The van der Waals surface area contributed by atoms with Crippen LogP contribution in [0, 0.1) is 0 Å². The lowest BCUT2D eigenvalue weighted by atomic mass is 10.0. The monoisotopic (exact) mass is 984 g/mol. The van der Waals surface area contributed by atoms with E-state index in [0.29, 0.717) is 25.9 Å². The minimum Gasteiger partial charge on any atom is -0.466 e. The Morgan fingerprint density at radius 2 is 0.714 bits per heavy atom. The Kier molecular flexibility index (Phi) is 58.0. The number of carbonyl (C=O) groups excluding carboxylic acids is 2. The van der Waals surface area contributed by atoms with Crippen molar-refractivity contribution in [3.63, 3.8) is 0 Å². The smallest absolute Gasteiger partial charge is 0.305 e. The van der Waals surface area contributed by atoms with E-state index in [2.05, 4.69) is 55.6 Å². The fourth-order valence-corrected chi connectivity index (χ4v) is 9.61. The second-order valence-electron chi connectivity index (χ2n) is 21.4. The number of allylic oxidation sites excluding steroid dienone is 6. The van der Waals surface area contributed by atoms with E-state index in [0.717, 1.165) is 51.4 Å². The highest BCUT2D eigenvalue weighted by molar-refractivity contribution is 5.76. The topological polar surface area (TPSA) is 95.9 Å².